The van der Waals surface area contributed by atoms with Crippen LogP contribution >= 0.6 is 11.8 Å². The van der Waals surface area contributed by atoms with Crippen LogP contribution in [0.4, 0.5) is 0 Å². The Bertz CT molecular complexity index is 533. The third kappa shape index (κ3) is 2.39. The third-order valence-electron chi connectivity index (χ3n) is 2.93. The van der Waals surface area contributed by atoms with Crippen molar-refractivity contribution in [3.05, 3.63) is 29.8 Å². The van der Waals surface area contributed by atoms with E-state index in [1.807, 2.05) is 28.9 Å². The van der Waals surface area contributed by atoms with Crippen LogP contribution in [0.15, 0.2) is 34.3 Å². The van der Waals surface area contributed by atoms with Crippen molar-refractivity contribution in [1.82, 2.24) is 20.2 Å². The normalized spacial score (nSPS) is 16.8. The lowest BCUT2D eigenvalue weighted by atomic mass is 10.1. The summed E-state index contributed by atoms with van der Waals surface area (Å²) in [6.07, 6.45) is 1.90. The first-order valence-corrected chi connectivity index (χ1v) is 6.79. The van der Waals surface area contributed by atoms with Gasteiger partial charge in [0.25, 0.3) is 0 Å². The van der Waals surface area contributed by atoms with Gasteiger partial charge in [0.05, 0.1) is 12.1 Å². The van der Waals surface area contributed by atoms with Gasteiger partial charge in [-0.2, -0.15) is 0 Å². The van der Waals surface area contributed by atoms with Gasteiger partial charge in [0.15, 0.2) is 0 Å². The van der Waals surface area contributed by atoms with E-state index in [-0.39, 0.29) is 0 Å². The van der Waals surface area contributed by atoms with E-state index < -0.39 is 6.10 Å². The van der Waals surface area contributed by atoms with E-state index in [2.05, 4.69) is 15.5 Å². The lowest BCUT2D eigenvalue weighted by molar-refractivity contribution is 0.199. The molecule has 2 aromatic rings. The molecule has 0 amide bonds. The highest BCUT2D eigenvalue weighted by atomic mass is 32.2. The van der Waals surface area contributed by atoms with Crippen LogP contribution in [0.3, 0.4) is 0 Å². The van der Waals surface area contributed by atoms with Crippen LogP contribution in [0.2, 0.25) is 0 Å². The number of hydrogen-bond donors (Lipinski definition) is 1. The lowest BCUT2D eigenvalue weighted by Crippen LogP contribution is -1.98. The van der Waals surface area contributed by atoms with E-state index in [1.165, 1.54) is 12.8 Å². The fourth-order valence-corrected chi connectivity index (χ4v) is 2.56. The Morgan fingerprint density at radius 1 is 1.33 bits per heavy atom. The monoisotopic (exact) mass is 262 g/mol. The molecule has 94 valence electrons. The first-order valence-electron chi connectivity index (χ1n) is 5.98. The topological polar surface area (TPSA) is 63.8 Å². The van der Waals surface area contributed by atoms with Crippen LogP contribution < -0.4 is 0 Å². The predicted molar refractivity (Wildman–Crippen MR) is 67.3 cm³/mol. The highest BCUT2D eigenvalue weighted by Gasteiger charge is 2.28. The second kappa shape index (κ2) is 4.70. The first-order chi connectivity index (χ1) is 8.74. The number of tetrazole rings is 1. The summed E-state index contributed by atoms with van der Waals surface area (Å²) in [6.45, 7) is 1.76. The van der Waals surface area contributed by atoms with Crippen LogP contribution in [0.5, 0.6) is 0 Å². The Balaban J connectivity index is 1.77. The minimum absolute atomic E-state index is 0.430. The van der Waals surface area contributed by atoms with Crippen molar-refractivity contribution in [3.8, 4) is 0 Å². The van der Waals surface area contributed by atoms with Gasteiger partial charge in [-0.05, 0) is 59.7 Å². The minimum atomic E-state index is -0.430. The standard InChI is InChI=1S/C12H14N4OS/c1-8(17)9-2-6-11(7-3-9)18-12-13-14-15-16(12)10-4-5-10/h2-3,6-8,10,17H,4-5H2,1H3/t8-/m1/s1. The van der Waals surface area contributed by atoms with Crippen molar-refractivity contribution in [2.75, 3.05) is 0 Å². The number of aromatic nitrogens is 4. The molecule has 1 saturated carbocycles. The van der Waals surface area contributed by atoms with Crippen molar-refractivity contribution >= 4 is 11.8 Å². The SMILES string of the molecule is C[C@@H](O)c1ccc(Sc2nnnn2C2CC2)cc1. The molecule has 1 atom stereocenters. The molecule has 3 rings (SSSR count). The van der Waals surface area contributed by atoms with Gasteiger partial charge in [-0.3, -0.25) is 0 Å². The highest BCUT2D eigenvalue weighted by Crippen LogP contribution is 2.37. The second-order valence-electron chi connectivity index (χ2n) is 4.48. The molecule has 1 heterocycles. The summed E-state index contributed by atoms with van der Waals surface area (Å²) in [5.74, 6) is 0. The summed E-state index contributed by atoms with van der Waals surface area (Å²) in [4.78, 5) is 1.08. The summed E-state index contributed by atoms with van der Waals surface area (Å²) in [6, 6.07) is 8.31. The number of aliphatic hydroxyl groups excluding tert-OH is 1. The van der Waals surface area contributed by atoms with Gasteiger partial charge >= 0.3 is 0 Å². The Hall–Kier alpha value is -1.40. The van der Waals surface area contributed by atoms with E-state index in [1.54, 1.807) is 18.7 Å². The Kier molecular flexibility index (Phi) is 3.05. The van der Waals surface area contributed by atoms with Crippen LogP contribution in [0.25, 0.3) is 0 Å². The zero-order chi connectivity index (χ0) is 12.5. The van der Waals surface area contributed by atoms with Crippen molar-refractivity contribution in [3.63, 3.8) is 0 Å². The Morgan fingerprint density at radius 2 is 2.06 bits per heavy atom. The summed E-state index contributed by atoms with van der Waals surface area (Å²) in [7, 11) is 0. The number of nitrogens with zero attached hydrogens (tertiary/aromatic N) is 4. The molecule has 0 radical (unpaired) electrons. The van der Waals surface area contributed by atoms with Crippen molar-refractivity contribution in [1.29, 1.82) is 0 Å². The maximum Gasteiger partial charge on any atom is 0.214 e. The predicted octanol–water partition coefficient (Wildman–Crippen LogP) is 2.21. The van der Waals surface area contributed by atoms with Gasteiger partial charge in [0.1, 0.15) is 0 Å². The number of hydrogen-bond acceptors (Lipinski definition) is 5. The fourth-order valence-electron chi connectivity index (χ4n) is 1.72. The Labute approximate surface area is 109 Å². The van der Waals surface area contributed by atoms with Crippen molar-refractivity contribution < 1.29 is 5.11 Å². The van der Waals surface area contributed by atoms with E-state index >= 15 is 0 Å². The van der Waals surface area contributed by atoms with Crippen molar-refractivity contribution in [2.24, 2.45) is 0 Å². The van der Waals surface area contributed by atoms with E-state index in [0.717, 1.165) is 15.6 Å². The molecular formula is C12H14N4OS. The molecule has 1 aliphatic rings. The molecule has 1 aliphatic carbocycles. The van der Waals surface area contributed by atoms with E-state index in [9.17, 15) is 5.11 Å². The molecule has 18 heavy (non-hydrogen) atoms. The number of rotatable bonds is 4. The third-order valence-corrected chi connectivity index (χ3v) is 3.89. The summed E-state index contributed by atoms with van der Waals surface area (Å²) in [5.41, 5.74) is 0.918. The average molecular weight is 262 g/mol. The Morgan fingerprint density at radius 3 is 2.67 bits per heavy atom. The van der Waals surface area contributed by atoms with Gasteiger partial charge in [0.2, 0.25) is 5.16 Å². The van der Waals surface area contributed by atoms with Crippen LogP contribution in [0, 0.1) is 0 Å². The smallest absolute Gasteiger partial charge is 0.214 e. The first kappa shape index (κ1) is 11.7. The van der Waals surface area contributed by atoms with E-state index in [0.29, 0.717) is 6.04 Å². The molecule has 1 N–H and O–H groups in total. The van der Waals surface area contributed by atoms with Gasteiger partial charge in [0, 0.05) is 4.90 Å². The van der Waals surface area contributed by atoms with E-state index in [4.69, 9.17) is 0 Å². The molecule has 0 aliphatic heterocycles. The molecule has 1 aromatic carbocycles. The lowest BCUT2D eigenvalue weighted by Gasteiger charge is -2.06. The summed E-state index contributed by atoms with van der Waals surface area (Å²) < 4.78 is 1.90. The molecule has 1 aromatic heterocycles. The van der Waals surface area contributed by atoms with Crippen LogP contribution in [-0.4, -0.2) is 25.3 Å². The van der Waals surface area contributed by atoms with Gasteiger partial charge < -0.3 is 5.11 Å². The maximum absolute atomic E-state index is 9.45. The molecular weight excluding hydrogens is 248 g/mol. The van der Waals surface area contributed by atoms with Crippen molar-refractivity contribution in [2.45, 2.75) is 42.0 Å². The largest absolute Gasteiger partial charge is 0.389 e. The highest BCUT2D eigenvalue weighted by molar-refractivity contribution is 7.99. The summed E-state index contributed by atoms with van der Waals surface area (Å²) in [5, 5.41) is 22.1. The fraction of sp³-hybridized carbons (Fsp3) is 0.417. The number of aliphatic hydroxyl groups is 1. The van der Waals surface area contributed by atoms with Crippen LogP contribution in [0.1, 0.15) is 37.5 Å². The summed E-state index contributed by atoms with van der Waals surface area (Å²) >= 11 is 1.55. The average Bonchev–Trinajstić information content (AvgIpc) is 3.11. The molecule has 0 unspecified atom stereocenters. The number of benzene rings is 1. The second-order valence-corrected chi connectivity index (χ2v) is 5.52. The zero-order valence-corrected chi connectivity index (χ0v) is 10.8. The van der Waals surface area contributed by atoms with Crippen LogP contribution in [-0.2, 0) is 0 Å². The molecule has 0 saturated heterocycles. The molecule has 6 heteroatoms. The molecule has 0 spiro atoms. The minimum Gasteiger partial charge on any atom is -0.389 e. The molecule has 5 nitrogen and oxygen atoms in total. The molecule has 0 bridgehead atoms. The van der Waals surface area contributed by atoms with Gasteiger partial charge in [-0.15, -0.1) is 5.10 Å². The maximum atomic E-state index is 9.45. The van der Waals surface area contributed by atoms with Gasteiger partial charge in [-0.1, -0.05) is 12.1 Å². The quantitative estimate of drug-likeness (QED) is 0.915. The van der Waals surface area contributed by atoms with Gasteiger partial charge in [-0.25, -0.2) is 4.68 Å². The zero-order valence-electron chi connectivity index (χ0n) is 10.0. The molecule has 1 fully saturated rings.